The Labute approximate surface area is 283 Å². The van der Waals surface area contributed by atoms with E-state index >= 15 is 0 Å². The van der Waals surface area contributed by atoms with Gasteiger partial charge in [-0.15, -0.1) is 0 Å². The van der Waals surface area contributed by atoms with Gasteiger partial charge in [-0.1, -0.05) is 159 Å². The Balaban J connectivity index is 0.00000161. The largest absolute Gasteiger partial charge is 2.00 e. The van der Waals surface area contributed by atoms with E-state index in [0.717, 1.165) is 19.4 Å². The molecule has 4 aromatic rings. The molecule has 212 valence electrons. The first-order valence-corrected chi connectivity index (χ1v) is 16.1. The summed E-state index contributed by atoms with van der Waals surface area (Å²) in [7, 11) is -2.68. The van der Waals surface area contributed by atoms with Crippen LogP contribution in [-0.4, -0.2) is 14.9 Å². The normalized spacial score (nSPS) is 16.5. The van der Waals surface area contributed by atoms with Crippen LogP contribution in [-0.2, 0) is 30.6 Å². The summed E-state index contributed by atoms with van der Waals surface area (Å²) in [6, 6.07) is 41.6. The van der Waals surface area contributed by atoms with Crippen LogP contribution in [0.2, 0.25) is 0 Å². The molecule has 0 saturated carbocycles. The molecule has 5 heteroatoms. The molecule has 1 nitrogen and oxygen atoms in total. The average Bonchev–Trinajstić information content (AvgIpc) is 3.70. The third kappa shape index (κ3) is 6.62. The van der Waals surface area contributed by atoms with E-state index in [1.54, 1.807) is 0 Å². The monoisotopic (exact) mass is 684 g/mol. The first kappa shape index (κ1) is 34.2. The summed E-state index contributed by atoms with van der Waals surface area (Å²) in [6.07, 6.45) is 16.0. The molecule has 4 aromatic carbocycles. The third-order valence-corrected chi connectivity index (χ3v) is 12.8. The minimum Gasteiger partial charge on any atom is -1.00 e. The van der Waals surface area contributed by atoms with Gasteiger partial charge in [0.25, 0.3) is 8.32 Å². The van der Waals surface area contributed by atoms with Crippen molar-refractivity contribution in [3.8, 4) is 0 Å². The molecule has 0 heterocycles. The van der Waals surface area contributed by atoms with Gasteiger partial charge in [-0.3, -0.25) is 0 Å². The first-order valence-electron chi connectivity index (χ1n) is 14.1. The van der Waals surface area contributed by atoms with E-state index in [1.165, 1.54) is 26.7 Å². The molecule has 0 aromatic heterocycles. The maximum absolute atomic E-state index is 7.26. The van der Waals surface area contributed by atoms with E-state index in [-0.39, 0.29) is 56.4 Å². The quantitative estimate of drug-likeness (QED) is 0.138. The Hall–Kier alpha value is -2.26. The minimum atomic E-state index is -2.68. The van der Waals surface area contributed by atoms with E-state index in [0.29, 0.717) is 11.8 Å². The van der Waals surface area contributed by atoms with Crippen molar-refractivity contribution >= 4 is 30.0 Å². The summed E-state index contributed by atoms with van der Waals surface area (Å²) in [5.41, 5.74) is 2.89. The number of hydrogen-bond acceptors (Lipinski definition) is 1. The van der Waals surface area contributed by atoms with Crippen molar-refractivity contribution in [3.05, 3.63) is 157 Å². The number of benzene rings is 4. The Bertz CT molecular complexity index is 1380. The van der Waals surface area contributed by atoms with E-state index < -0.39 is 8.32 Å². The number of fused-ring (bicyclic) bond motifs is 1. The summed E-state index contributed by atoms with van der Waals surface area (Å²) in [5, 5.41) is 3.87. The van der Waals surface area contributed by atoms with Crippen molar-refractivity contribution < 1.29 is 55.4 Å². The molecule has 0 N–H and O–H groups in total. The predicted molar refractivity (Wildman–Crippen MR) is 167 cm³/mol. The number of hydrogen-bond donors (Lipinski definition) is 0. The van der Waals surface area contributed by atoms with Crippen LogP contribution in [0.25, 0.3) is 6.08 Å². The molecule has 0 spiro atoms. The molecule has 0 aliphatic heterocycles. The zero-order chi connectivity index (χ0) is 26.5. The molecule has 2 unspecified atom stereocenters. The van der Waals surface area contributed by atoms with Crippen LogP contribution < -0.4 is 40.4 Å². The van der Waals surface area contributed by atoms with Crippen LogP contribution in [0.1, 0.15) is 36.8 Å². The predicted octanol–water partition coefficient (Wildman–Crippen LogP) is 1.01. The molecule has 0 bridgehead atoms. The van der Waals surface area contributed by atoms with Gasteiger partial charge in [0.15, 0.2) is 0 Å². The SMILES string of the molecule is CC(CCCO[Si](c1ccccc1)(c1ccccc1)c1ccccc1)(C1C=CC=C1)C1C=Cc2ccccc21.[Cl-].[Cl-].[Zr+2]. The van der Waals surface area contributed by atoms with Crippen molar-refractivity contribution in [2.24, 2.45) is 11.3 Å². The molecule has 2 aliphatic rings. The van der Waals surface area contributed by atoms with Crippen molar-refractivity contribution in [1.29, 1.82) is 0 Å². The standard InChI is InChI=1S/C37H36OSi.2ClH.Zr/c1-37(31-17-12-13-18-31,36-27-26-30-16-11-14-25-35(30)36)28-15-29-38-39(32-19-5-2-6-20-32,33-21-7-3-8-22-33)34-23-9-4-10-24-34;;;/h2-14,16-27,31,36H,15,28-29H2,1H3;2*1H;/q;;;+2/p-2. The Morgan fingerprint density at radius 1 is 0.643 bits per heavy atom. The van der Waals surface area contributed by atoms with E-state index in [1.807, 2.05) is 0 Å². The van der Waals surface area contributed by atoms with Crippen molar-refractivity contribution in [3.63, 3.8) is 0 Å². The first-order chi connectivity index (χ1) is 19.2. The minimum absolute atomic E-state index is 0. The molecule has 2 aliphatic carbocycles. The molecule has 0 fully saturated rings. The van der Waals surface area contributed by atoms with Crippen LogP contribution in [0.15, 0.2) is 146 Å². The van der Waals surface area contributed by atoms with Gasteiger partial charge in [0.05, 0.1) is 0 Å². The number of rotatable bonds is 10. The molecular weight excluding hydrogens is 651 g/mol. The van der Waals surface area contributed by atoms with Crippen LogP contribution in [0, 0.1) is 11.3 Å². The van der Waals surface area contributed by atoms with E-state index in [2.05, 4.69) is 159 Å². The topological polar surface area (TPSA) is 9.23 Å². The van der Waals surface area contributed by atoms with Crippen LogP contribution in [0.5, 0.6) is 0 Å². The zero-order valence-corrected chi connectivity index (χ0v) is 28.8. The molecule has 0 saturated heterocycles. The Morgan fingerprint density at radius 2 is 1.12 bits per heavy atom. The van der Waals surface area contributed by atoms with Crippen molar-refractivity contribution in [1.82, 2.24) is 0 Å². The second-order valence-corrected chi connectivity index (χ2v) is 14.4. The van der Waals surface area contributed by atoms with Gasteiger partial charge in [-0.05, 0) is 44.9 Å². The molecule has 0 radical (unpaired) electrons. The van der Waals surface area contributed by atoms with Crippen LogP contribution in [0.4, 0.5) is 0 Å². The number of halogens is 2. The molecule has 2 atom stereocenters. The van der Waals surface area contributed by atoms with Crippen molar-refractivity contribution in [2.75, 3.05) is 6.61 Å². The van der Waals surface area contributed by atoms with Gasteiger partial charge in [-0.2, -0.15) is 0 Å². The summed E-state index contributed by atoms with van der Waals surface area (Å²) >= 11 is 0. The van der Waals surface area contributed by atoms with Gasteiger partial charge >= 0.3 is 26.2 Å². The van der Waals surface area contributed by atoms with Gasteiger partial charge in [-0.25, -0.2) is 0 Å². The third-order valence-electron chi connectivity index (χ3n) is 8.74. The summed E-state index contributed by atoms with van der Waals surface area (Å²) < 4.78 is 7.26. The van der Waals surface area contributed by atoms with Gasteiger partial charge < -0.3 is 29.2 Å². The zero-order valence-electron chi connectivity index (χ0n) is 23.9. The van der Waals surface area contributed by atoms with Crippen LogP contribution >= 0.6 is 0 Å². The second-order valence-electron chi connectivity index (χ2n) is 11.0. The van der Waals surface area contributed by atoms with E-state index in [4.69, 9.17) is 4.43 Å². The summed E-state index contributed by atoms with van der Waals surface area (Å²) in [5.74, 6) is 0.808. The smallest absolute Gasteiger partial charge is 1.00 e. The maximum Gasteiger partial charge on any atom is 2.00 e. The summed E-state index contributed by atoms with van der Waals surface area (Å²) in [4.78, 5) is 0. The average molecular weight is 687 g/mol. The fourth-order valence-corrected chi connectivity index (χ4v) is 10.6. The molecule has 0 amide bonds. The summed E-state index contributed by atoms with van der Waals surface area (Å²) in [6.45, 7) is 3.20. The number of allylic oxidation sites excluding steroid dienone is 5. The fraction of sp³-hybridized carbons (Fsp3) is 0.189. The maximum atomic E-state index is 7.26. The second kappa shape index (κ2) is 15.5. The van der Waals surface area contributed by atoms with Gasteiger partial charge in [0.1, 0.15) is 0 Å². The van der Waals surface area contributed by atoms with Crippen LogP contribution in [0.3, 0.4) is 0 Å². The Morgan fingerprint density at radius 3 is 1.64 bits per heavy atom. The molecule has 42 heavy (non-hydrogen) atoms. The van der Waals surface area contributed by atoms with Gasteiger partial charge in [0, 0.05) is 18.4 Å². The Kier molecular flexibility index (Phi) is 12.6. The fourth-order valence-electron chi connectivity index (χ4n) is 6.67. The van der Waals surface area contributed by atoms with Gasteiger partial charge in [0.2, 0.25) is 0 Å². The van der Waals surface area contributed by atoms with E-state index in [9.17, 15) is 0 Å². The molecular formula is C37H36Cl2OSiZr. The van der Waals surface area contributed by atoms with Crippen molar-refractivity contribution in [2.45, 2.75) is 25.7 Å². The molecule has 6 rings (SSSR count).